The molecule has 0 bridgehead atoms. The summed E-state index contributed by atoms with van der Waals surface area (Å²) in [4.78, 5) is 13.6. The average Bonchev–Trinajstić information content (AvgIpc) is 3.39. The number of nitrogens with zero attached hydrogens (tertiary/aromatic N) is 6. The monoisotopic (exact) mass is 604 g/mol. The van der Waals surface area contributed by atoms with Crippen molar-refractivity contribution in [1.82, 2.24) is 29.4 Å². The van der Waals surface area contributed by atoms with Crippen LogP contribution in [0.25, 0.3) is 39.3 Å². The van der Waals surface area contributed by atoms with Gasteiger partial charge in [0.15, 0.2) is 5.65 Å². The zero-order valence-corrected chi connectivity index (χ0v) is 25.7. The predicted octanol–water partition coefficient (Wildman–Crippen LogP) is 6.32. The quantitative estimate of drug-likeness (QED) is 0.189. The molecule has 0 saturated heterocycles. The highest BCUT2D eigenvalue weighted by Gasteiger charge is 2.18. The fraction of sp³-hybridized carbons (Fsp3) is 0.281. The second-order valence-corrected chi connectivity index (χ2v) is 11.0. The minimum Gasteiger partial charge on any atom is -0.481 e. The van der Waals surface area contributed by atoms with E-state index in [9.17, 15) is 5.11 Å². The van der Waals surface area contributed by atoms with Crippen LogP contribution < -0.4 is 4.74 Å². The number of rotatable bonds is 11. The van der Waals surface area contributed by atoms with E-state index in [4.69, 9.17) is 38.0 Å². The van der Waals surface area contributed by atoms with Crippen molar-refractivity contribution in [3.63, 3.8) is 0 Å². The molecule has 0 aliphatic rings. The number of fused-ring (bicyclic) bond motifs is 1. The molecule has 8 nitrogen and oxygen atoms in total. The lowest BCUT2D eigenvalue weighted by Crippen LogP contribution is -2.21. The smallest absolute Gasteiger partial charge is 0.218 e. The molecule has 0 atom stereocenters. The van der Waals surface area contributed by atoms with E-state index in [0.29, 0.717) is 34.7 Å². The third-order valence-electron chi connectivity index (χ3n) is 7.24. The van der Waals surface area contributed by atoms with Crippen molar-refractivity contribution in [3.05, 3.63) is 88.2 Å². The van der Waals surface area contributed by atoms with Gasteiger partial charge in [0.1, 0.15) is 0 Å². The van der Waals surface area contributed by atoms with Crippen molar-refractivity contribution in [2.75, 3.05) is 40.9 Å². The van der Waals surface area contributed by atoms with E-state index in [1.54, 1.807) is 11.6 Å². The van der Waals surface area contributed by atoms with E-state index in [2.05, 4.69) is 23.9 Å². The van der Waals surface area contributed by atoms with Crippen LogP contribution in [0.3, 0.4) is 0 Å². The number of likely N-dealkylation sites (N-methyl/N-ethyl adjacent to an activating group) is 1. The minimum atomic E-state index is 0.0991. The lowest BCUT2D eigenvalue weighted by Gasteiger charge is -2.17. The summed E-state index contributed by atoms with van der Waals surface area (Å²) >= 11 is 14.1. The number of aliphatic hydroxyl groups is 1. The number of halogens is 2. The third kappa shape index (κ3) is 6.28. The largest absolute Gasteiger partial charge is 0.481 e. The molecule has 0 saturated carbocycles. The Labute approximate surface area is 256 Å². The number of aliphatic hydroxyl groups excluding tert-OH is 1. The van der Waals surface area contributed by atoms with Crippen LogP contribution in [-0.2, 0) is 13.1 Å². The van der Waals surface area contributed by atoms with Crippen LogP contribution in [0.2, 0.25) is 10.0 Å². The van der Waals surface area contributed by atoms with Crippen molar-refractivity contribution < 1.29 is 9.84 Å². The first-order valence-corrected chi connectivity index (χ1v) is 14.5. The maximum atomic E-state index is 9.19. The summed E-state index contributed by atoms with van der Waals surface area (Å²) in [6.07, 6.45) is 1.90. The summed E-state index contributed by atoms with van der Waals surface area (Å²) in [7, 11) is 5.64. The Bertz CT molecular complexity index is 1710. The van der Waals surface area contributed by atoms with Gasteiger partial charge in [-0.15, -0.1) is 0 Å². The fourth-order valence-corrected chi connectivity index (χ4v) is 5.52. The summed E-state index contributed by atoms with van der Waals surface area (Å²) in [6.45, 7) is 5.07. The zero-order chi connectivity index (χ0) is 29.8. The summed E-state index contributed by atoms with van der Waals surface area (Å²) in [5, 5.41) is 15.1. The molecule has 3 aromatic heterocycles. The van der Waals surface area contributed by atoms with Gasteiger partial charge in [-0.25, -0.2) is 14.5 Å². The molecule has 0 amide bonds. The number of imidazole rings is 1. The maximum Gasteiger partial charge on any atom is 0.218 e. The summed E-state index contributed by atoms with van der Waals surface area (Å²) in [5.74, 6) is 0.582. The lowest BCUT2D eigenvalue weighted by molar-refractivity contribution is 0.216. The molecule has 0 unspecified atom stereocenters. The highest BCUT2D eigenvalue weighted by molar-refractivity contribution is 6.39. The van der Waals surface area contributed by atoms with Crippen molar-refractivity contribution >= 4 is 28.8 Å². The van der Waals surface area contributed by atoms with E-state index in [1.807, 2.05) is 78.8 Å². The lowest BCUT2D eigenvalue weighted by atomic mass is 9.98. The number of methoxy groups -OCH3 is 1. The van der Waals surface area contributed by atoms with Crippen LogP contribution in [-0.4, -0.2) is 75.4 Å². The molecule has 5 rings (SSSR count). The van der Waals surface area contributed by atoms with Gasteiger partial charge < -0.3 is 14.7 Å². The Morgan fingerprint density at radius 3 is 2.10 bits per heavy atom. The number of aromatic nitrogens is 4. The minimum absolute atomic E-state index is 0.0991. The van der Waals surface area contributed by atoms with Crippen LogP contribution in [0, 0.1) is 0 Å². The fourth-order valence-electron chi connectivity index (χ4n) is 4.87. The first-order chi connectivity index (χ1) is 20.3. The molecular weight excluding hydrogens is 571 g/mol. The third-order valence-corrected chi connectivity index (χ3v) is 8.05. The summed E-state index contributed by atoms with van der Waals surface area (Å²) in [6, 6.07) is 19.6. The van der Waals surface area contributed by atoms with E-state index in [-0.39, 0.29) is 6.61 Å². The Kier molecular flexibility index (Phi) is 9.40. The number of pyridine rings is 1. The van der Waals surface area contributed by atoms with Gasteiger partial charge in [-0.1, -0.05) is 72.6 Å². The molecular formula is C32H34Cl2N6O2. The predicted molar refractivity (Wildman–Crippen MR) is 169 cm³/mol. The first-order valence-electron chi connectivity index (χ1n) is 13.8. The summed E-state index contributed by atoms with van der Waals surface area (Å²) < 4.78 is 7.38. The normalized spacial score (nSPS) is 11.6. The number of ether oxygens (including phenoxy) is 1. The molecule has 0 spiro atoms. The molecule has 2 aromatic carbocycles. The molecule has 1 N–H and O–H groups in total. The van der Waals surface area contributed by atoms with Gasteiger partial charge in [0.05, 0.1) is 47.0 Å². The maximum absolute atomic E-state index is 9.19. The van der Waals surface area contributed by atoms with Crippen molar-refractivity contribution in [2.24, 2.45) is 0 Å². The second kappa shape index (κ2) is 13.2. The van der Waals surface area contributed by atoms with Crippen LogP contribution in [0.4, 0.5) is 0 Å². The van der Waals surface area contributed by atoms with Crippen LogP contribution in [0.15, 0.2) is 66.9 Å². The Hall–Kier alpha value is -3.53. The Balaban J connectivity index is 1.49. The molecule has 3 heterocycles. The van der Waals surface area contributed by atoms with Gasteiger partial charge in [-0.05, 0) is 38.8 Å². The van der Waals surface area contributed by atoms with Crippen LogP contribution in [0.5, 0.6) is 5.88 Å². The van der Waals surface area contributed by atoms with E-state index in [1.165, 1.54) is 0 Å². The number of benzene rings is 2. The Morgan fingerprint density at radius 1 is 0.810 bits per heavy atom. The van der Waals surface area contributed by atoms with Gasteiger partial charge in [0.2, 0.25) is 5.88 Å². The topological polar surface area (TPSA) is 79.0 Å². The van der Waals surface area contributed by atoms with E-state index >= 15 is 0 Å². The standard InChI is InChI=1S/C32H34Cl2N6O2/c1-5-38(2)18-21-12-13-27(36-32(21)42-4)25-10-6-8-23(30(25)33)24-9-7-11-26(31(24)34)28-14-15-29-35-22(20-40(29)37-28)19-39(3)16-17-41/h6-15,20,41H,5,16-19H2,1-4H3. The van der Waals surface area contributed by atoms with E-state index < -0.39 is 0 Å². The molecule has 0 fully saturated rings. The number of hydrogen-bond donors (Lipinski definition) is 1. The SMILES string of the molecule is CCN(C)Cc1ccc(-c2cccc(-c3cccc(-c4ccc5nc(CN(C)CCO)cn5n4)c3Cl)c2Cl)nc1OC. The zero-order valence-electron chi connectivity index (χ0n) is 24.2. The number of hydrogen-bond acceptors (Lipinski definition) is 7. The van der Waals surface area contributed by atoms with Gasteiger partial charge in [-0.3, -0.25) is 4.90 Å². The molecule has 0 aliphatic heterocycles. The van der Waals surface area contributed by atoms with Gasteiger partial charge >= 0.3 is 0 Å². The molecule has 42 heavy (non-hydrogen) atoms. The molecule has 218 valence electrons. The Morgan fingerprint density at radius 2 is 1.45 bits per heavy atom. The highest BCUT2D eigenvalue weighted by atomic mass is 35.5. The second-order valence-electron chi connectivity index (χ2n) is 10.2. The molecule has 0 radical (unpaired) electrons. The van der Waals surface area contributed by atoms with Crippen molar-refractivity contribution in [2.45, 2.75) is 20.0 Å². The van der Waals surface area contributed by atoms with Gasteiger partial charge in [0, 0.05) is 47.5 Å². The summed E-state index contributed by atoms with van der Waals surface area (Å²) in [5.41, 5.74) is 7.24. The van der Waals surface area contributed by atoms with Crippen LogP contribution in [0.1, 0.15) is 18.2 Å². The van der Waals surface area contributed by atoms with Gasteiger partial charge in [-0.2, -0.15) is 5.10 Å². The van der Waals surface area contributed by atoms with Gasteiger partial charge in [0.25, 0.3) is 0 Å². The van der Waals surface area contributed by atoms with E-state index in [0.717, 1.165) is 57.9 Å². The molecule has 5 aromatic rings. The first kappa shape index (κ1) is 29.9. The van der Waals surface area contributed by atoms with Crippen molar-refractivity contribution in [3.8, 4) is 39.5 Å². The average molecular weight is 606 g/mol. The van der Waals surface area contributed by atoms with Crippen LogP contribution >= 0.6 is 23.2 Å². The highest BCUT2D eigenvalue weighted by Crippen LogP contribution is 2.42. The molecule has 10 heteroatoms. The van der Waals surface area contributed by atoms with Crippen molar-refractivity contribution in [1.29, 1.82) is 0 Å². The molecule has 0 aliphatic carbocycles.